The van der Waals surface area contributed by atoms with Crippen molar-refractivity contribution in [3.8, 4) is 11.8 Å². The first-order valence-electron chi connectivity index (χ1n) is 9.47. The van der Waals surface area contributed by atoms with Gasteiger partial charge in [-0.3, -0.25) is 15.0 Å². The highest BCUT2D eigenvalue weighted by atomic mass is 16.5. The van der Waals surface area contributed by atoms with E-state index in [9.17, 15) is 10.1 Å². The molecule has 0 saturated heterocycles. The van der Waals surface area contributed by atoms with Gasteiger partial charge in [-0.1, -0.05) is 30.3 Å². The maximum absolute atomic E-state index is 11.6. The van der Waals surface area contributed by atoms with E-state index >= 15 is 0 Å². The second-order valence-corrected chi connectivity index (χ2v) is 7.55. The summed E-state index contributed by atoms with van der Waals surface area (Å²) in [6, 6.07) is 19.9. The van der Waals surface area contributed by atoms with Crippen molar-refractivity contribution in [2.75, 3.05) is 0 Å². The zero-order chi connectivity index (χ0) is 20.4. The third-order valence-corrected chi connectivity index (χ3v) is 5.49. The summed E-state index contributed by atoms with van der Waals surface area (Å²) >= 11 is 0. The van der Waals surface area contributed by atoms with Gasteiger partial charge in [0, 0.05) is 16.6 Å². The molecule has 3 aromatic rings. The summed E-state index contributed by atoms with van der Waals surface area (Å²) in [5.41, 5.74) is 4.85. The van der Waals surface area contributed by atoms with Gasteiger partial charge in [0.1, 0.15) is 12.4 Å². The molecular weight excluding hydrogens is 366 g/mol. The fourth-order valence-corrected chi connectivity index (χ4v) is 3.83. The van der Waals surface area contributed by atoms with E-state index < -0.39 is 17.2 Å². The predicted molar refractivity (Wildman–Crippen MR) is 107 cm³/mol. The molecule has 6 nitrogen and oxygen atoms in total. The summed E-state index contributed by atoms with van der Waals surface area (Å²) in [4.78, 5) is 16.1. The van der Waals surface area contributed by atoms with E-state index in [4.69, 9.17) is 9.94 Å². The van der Waals surface area contributed by atoms with Crippen LogP contribution in [0.25, 0.3) is 10.9 Å². The average molecular weight is 387 g/mol. The number of nitriles is 1. The van der Waals surface area contributed by atoms with Crippen molar-refractivity contribution in [1.29, 1.82) is 5.26 Å². The number of benzene rings is 2. The maximum Gasteiger partial charge on any atom is 0.248 e. The number of hydrogen-bond donors (Lipinski definition) is 2. The number of aryl methyl sites for hydroxylation is 1. The number of amides is 1. The van der Waals surface area contributed by atoms with Crippen LogP contribution >= 0.6 is 0 Å². The molecule has 0 radical (unpaired) electrons. The van der Waals surface area contributed by atoms with Crippen molar-refractivity contribution in [2.45, 2.75) is 26.4 Å². The number of nitrogens with zero attached hydrogens (tertiary/aromatic N) is 2. The highest BCUT2D eigenvalue weighted by Crippen LogP contribution is 2.54. The molecule has 0 spiro atoms. The Morgan fingerprint density at radius 1 is 1.31 bits per heavy atom. The molecule has 1 aliphatic carbocycles. The molecule has 29 heavy (non-hydrogen) atoms. The molecule has 1 saturated carbocycles. The SMILES string of the molecule is Cc1cc(COc2ccc(CC3(C#N)CC3C(=O)NO)cc2)c2ccccc2n1. The summed E-state index contributed by atoms with van der Waals surface area (Å²) in [7, 11) is 0. The van der Waals surface area contributed by atoms with Gasteiger partial charge in [0.05, 0.1) is 22.9 Å². The van der Waals surface area contributed by atoms with E-state index in [1.807, 2.05) is 61.5 Å². The van der Waals surface area contributed by atoms with E-state index in [-0.39, 0.29) is 0 Å². The molecule has 2 atom stereocenters. The second-order valence-electron chi connectivity index (χ2n) is 7.55. The van der Waals surface area contributed by atoms with Gasteiger partial charge in [-0.2, -0.15) is 5.26 Å². The van der Waals surface area contributed by atoms with Crippen LogP contribution in [0.15, 0.2) is 54.6 Å². The van der Waals surface area contributed by atoms with Gasteiger partial charge < -0.3 is 4.74 Å². The number of para-hydroxylation sites is 1. The van der Waals surface area contributed by atoms with Gasteiger partial charge in [0.2, 0.25) is 5.91 Å². The fourth-order valence-electron chi connectivity index (χ4n) is 3.83. The number of fused-ring (bicyclic) bond motifs is 1. The molecule has 1 aliphatic rings. The Morgan fingerprint density at radius 3 is 2.79 bits per heavy atom. The molecule has 0 aliphatic heterocycles. The van der Waals surface area contributed by atoms with E-state index in [0.29, 0.717) is 19.4 Å². The van der Waals surface area contributed by atoms with E-state index in [1.54, 1.807) is 5.48 Å². The van der Waals surface area contributed by atoms with Gasteiger partial charge in [0.15, 0.2) is 0 Å². The van der Waals surface area contributed by atoms with Crippen molar-refractivity contribution >= 4 is 16.8 Å². The molecule has 1 amide bonds. The highest BCUT2D eigenvalue weighted by Gasteiger charge is 2.58. The first kappa shape index (κ1) is 18.9. The molecule has 1 fully saturated rings. The summed E-state index contributed by atoms with van der Waals surface area (Å²) in [6.07, 6.45) is 0.929. The van der Waals surface area contributed by atoms with Crippen LogP contribution in [-0.4, -0.2) is 16.1 Å². The lowest BCUT2D eigenvalue weighted by Crippen LogP contribution is -2.24. The summed E-state index contributed by atoms with van der Waals surface area (Å²) in [5.74, 6) is -0.221. The third-order valence-electron chi connectivity index (χ3n) is 5.49. The van der Waals surface area contributed by atoms with Crippen molar-refractivity contribution < 1.29 is 14.7 Å². The Bertz CT molecular complexity index is 1100. The molecular formula is C23H21N3O3. The van der Waals surface area contributed by atoms with Crippen LogP contribution in [0.5, 0.6) is 5.75 Å². The van der Waals surface area contributed by atoms with Crippen molar-refractivity contribution in [3.05, 3.63) is 71.4 Å². The largest absolute Gasteiger partial charge is 0.489 e. The number of pyridine rings is 1. The maximum atomic E-state index is 11.6. The number of carbonyl (C=O) groups is 1. The van der Waals surface area contributed by atoms with Crippen molar-refractivity contribution in [3.63, 3.8) is 0 Å². The molecule has 146 valence electrons. The van der Waals surface area contributed by atoms with E-state index in [1.165, 1.54) is 0 Å². The standard InChI is InChI=1S/C23H21N3O3/c1-15-10-17(19-4-2-3-5-21(19)25-15)13-29-18-8-6-16(7-9-18)11-23(14-24)12-20(23)22(27)26-28/h2-10,20,28H,11-13H2,1H3,(H,26,27). The molecule has 2 N–H and O–H groups in total. The van der Waals surface area contributed by atoms with Gasteiger partial charge in [-0.05, 0) is 49.6 Å². The molecule has 4 rings (SSSR count). The van der Waals surface area contributed by atoms with Crippen LogP contribution in [-0.2, 0) is 17.8 Å². The van der Waals surface area contributed by atoms with E-state index in [0.717, 1.165) is 33.5 Å². The molecule has 0 bridgehead atoms. The third kappa shape index (κ3) is 3.78. The van der Waals surface area contributed by atoms with Gasteiger partial charge in [-0.25, -0.2) is 5.48 Å². The fraction of sp³-hybridized carbons (Fsp3) is 0.261. The monoisotopic (exact) mass is 387 g/mol. The quantitative estimate of drug-likeness (QED) is 0.497. The van der Waals surface area contributed by atoms with Crippen molar-refractivity contribution in [1.82, 2.24) is 10.5 Å². The first-order chi connectivity index (χ1) is 14.0. The van der Waals surface area contributed by atoms with Crippen LogP contribution in [0.4, 0.5) is 0 Å². The lowest BCUT2D eigenvalue weighted by Gasteiger charge is -2.12. The Balaban J connectivity index is 1.44. The lowest BCUT2D eigenvalue weighted by atomic mass is 9.95. The number of hydroxylamine groups is 1. The number of carbonyl (C=O) groups excluding carboxylic acids is 1. The predicted octanol–water partition coefficient (Wildman–Crippen LogP) is 3.70. The number of aromatic nitrogens is 1. The van der Waals surface area contributed by atoms with Gasteiger partial charge >= 0.3 is 0 Å². The Kier molecular flexibility index (Phi) is 4.91. The lowest BCUT2D eigenvalue weighted by molar-refractivity contribution is -0.131. The topological polar surface area (TPSA) is 95.2 Å². The summed E-state index contributed by atoms with van der Waals surface area (Å²) < 4.78 is 5.97. The first-order valence-corrected chi connectivity index (χ1v) is 9.47. The van der Waals surface area contributed by atoms with Crippen LogP contribution in [0.3, 0.4) is 0 Å². The molecule has 1 aromatic heterocycles. The van der Waals surface area contributed by atoms with E-state index in [2.05, 4.69) is 11.1 Å². The molecule has 2 aromatic carbocycles. The number of rotatable bonds is 6. The minimum Gasteiger partial charge on any atom is -0.489 e. The average Bonchev–Trinajstić information content (AvgIpc) is 3.46. The normalized spacial score (nSPS) is 20.1. The molecule has 6 heteroatoms. The minimum absolute atomic E-state index is 0.435. The molecule has 1 heterocycles. The number of nitrogens with one attached hydrogen (secondary N) is 1. The highest BCUT2D eigenvalue weighted by molar-refractivity contribution is 5.83. The second kappa shape index (κ2) is 7.53. The minimum atomic E-state index is -0.733. The summed E-state index contributed by atoms with van der Waals surface area (Å²) in [5, 5.41) is 19.3. The van der Waals surface area contributed by atoms with Crippen LogP contribution in [0.2, 0.25) is 0 Å². The molecule has 2 unspecified atom stereocenters. The Labute approximate surface area is 168 Å². The zero-order valence-electron chi connectivity index (χ0n) is 16.1. The number of ether oxygens (including phenoxy) is 1. The number of hydrogen-bond acceptors (Lipinski definition) is 5. The Hall–Kier alpha value is -3.43. The van der Waals surface area contributed by atoms with Crippen LogP contribution in [0.1, 0.15) is 23.2 Å². The van der Waals surface area contributed by atoms with Crippen LogP contribution < -0.4 is 10.2 Å². The van der Waals surface area contributed by atoms with Gasteiger partial charge in [-0.15, -0.1) is 0 Å². The van der Waals surface area contributed by atoms with Crippen molar-refractivity contribution in [2.24, 2.45) is 11.3 Å². The summed E-state index contributed by atoms with van der Waals surface area (Å²) in [6.45, 7) is 2.40. The van der Waals surface area contributed by atoms with Gasteiger partial charge in [0.25, 0.3) is 0 Å². The Morgan fingerprint density at radius 2 is 2.07 bits per heavy atom. The van der Waals surface area contributed by atoms with Crippen LogP contribution in [0, 0.1) is 29.6 Å². The smallest absolute Gasteiger partial charge is 0.248 e. The zero-order valence-corrected chi connectivity index (χ0v) is 16.1.